The van der Waals surface area contributed by atoms with Crippen LogP contribution in [0.2, 0.25) is 0 Å². The second-order valence-corrected chi connectivity index (χ2v) is 5.75. The van der Waals surface area contributed by atoms with Gasteiger partial charge in [-0.2, -0.15) is 13.2 Å². The van der Waals surface area contributed by atoms with Gasteiger partial charge in [0.25, 0.3) is 0 Å². The fourth-order valence-electron chi connectivity index (χ4n) is 1.92. The molecule has 0 aliphatic rings. The number of aromatic amines is 1. The lowest BCUT2D eigenvalue weighted by Gasteiger charge is -2.12. The summed E-state index contributed by atoms with van der Waals surface area (Å²) in [5.41, 5.74) is 0.579. The first-order valence-electron chi connectivity index (χ1n) is 6.83. The summed E-state index contributed by atoms with van der Waals surface area (Å²) in [7, 11) is 0. The van der Waals surface area contributed by atoms with E-state index in [-0.39, 0.29) is 23.8 Å². The van der Waals surface area contributed by atoms with Crippen molar-refractivity contribution in [1.29, 1.82) is 0 Å². The van der Waals surface area contributed by atoms with Crippen LogP contribution in [0.3, 0.4) is 0 Å². The Labute approximate surface area is 139 Å². The molecule has 0 saturated carbocycles. The van der Waals surface area contributed by atoms with Gasteiger partial charge in [-0.05, 0) is 26.0 Å². The number of carbonyl (C=O) groups is 1. The highest BCUT2D eigenvalue weighted by molar-refractivity contribution is 9.10. The van der Waals surface area contributed by atoms with Crippen molar-refractivity contribution in [2.45, 2.75) is 25.9 Å². The number of alkyl halides is 3. The highest BCUT2D eigenvalue weighted by Crippen LogP contribution is 2.35. The van der Waals surface area contributed by atoms with Crippen LogP contribution in [0.25, 0.3) is 11.3 Å². The highest BCUT2D eigenvalue weighted by Gasteiger charge is 2.40. The van der Waals surface area contributed by atoms with Crippen LogP contribution in [0.4, 0.5) is 13.2 Å². The van der Waals surface area contributed by atoms with E-state index >= 15 is 0 Å². The number of esters is 1. The van der Waals surface area contributed by atoms with E-state index in [1.54, 1.807) is 31.2 Å². The maximum absolute atomic E-state index is 12.9. The van der Waals surface area contributed by atoms with E-state index in [1.165, 1.54) is 0 Å². The number of H-pyrrole nitrogens is 1. The Morgan fingerprint density at radius 2 is 1.96 bits per heavy atom. The molecule has 0 fully saturated rings. The topological polar surface area (TPSA) is 55.0 Å². The van der Waals surface area contributed by atoms with Crippen molar-refractivity contribution in [3.63, 3.8) is 0 Å². The molecule has 1 N–H and O–H groups in total. The van der Waals surface area contributed by atoms with Gasteiger partial charge in [0.2, 0.25) is 0 Å². The lowest BCUT2D eigenvalue weighted by atomic mass is 10.1. The van der Waals surface area contributed by atoms with Gasteiger partial charge in [0.1, 0.15) is 17.4 Å². The number of benzene rings is 1. The van der Waals surface area contributed by atoms with Crippen LogP contribution in [0.5, 0.6) is 0 Å². The SMILES string of the molecule is CCOC(=O)c1[nH]c(C(C)C(F)(F)F)nc1-c1ccc(Br)cc1. The minimum atomic E-state index is -4.46. The second kappa shape index (κ2) is 6.74. The van der Waals surface area contributed by atoms with Crippen LogP contribution in [0.15, 0.2) is 28.7 Å². The summed E-state index contributed by atoms with van der Waals surface area (Å²) in [6, 6.07) is 6.74. The zero-order valence-electron chi connectivity index (χ0n) is 12.4. The van der Waals surface area contributed by atoms with Crippen molar-refractivity contribution in [3.05, 3.63) is 40.3 Å². The minimum absolute atomic E-state index is 0.0831. The van der Waals surface area contributed by atoms with E-state index in [9.17, 15) is 18.0 Å². The number of carbonyl (C=O) groups excluding carboxylic acids is 1. The van der Waals surface area contributed by atoms with Crippen molar-refractivity contribution in [1.82, 2.24) is 9.97 Å². The zero-order chi connectivity index (χ0) is 17.2. The molecule has 0 bridgehead atoms. The monoisotopic (exact) mass is 390 g/mol. The highest BCUT2D eigenvalue weighted by atomic mass is 79.9. The summed E-state index contributed by atoms with van der Waals surface area (Å²) in [5, 5.41) is 0. The first-order valence-corrected chi connectivity index (χ1v) is 7.63. The summed E-state index contributed by atoms with van der Waals surface area (Å²) in [6.45, 7) is 2.72. The van der Waals surface area contributed by atoms with Gasteiger partial charge in [-0.15, -0.1) is 0 Å². The molecule has 1 heterocycles. The number of rotatable bonds is 4. The van der Waals surface area contributed by atoms with Gasteiger partial charge in [0, 0.05) is 10.0 Å². The van der Waals surface area contributed by atoms with E-state index in [0.717, 1.165) is 11.4 Å². The molecule has 0 radical (unpaired) electrons. The van der Waals surface area contributed by atoms with Gasteiger partial charge in [0.15, 0.2) is 5.69 Å². The van der Waals surface area contributed by atoms with Gasteiger partial charge >= 0.3 is 12.1 Å². The van der Waals surface area contributed by atoms with E-state index in [4.69, 9.17) is 4.74 Å². The summed E-state index contributed by atoms with van der Waals surface area (Å²) in [5.74, 6) is -2.88. The molecule has 1 unspecified atom stereocenters. The molecule has 1 atom stereocenters. The molecule has 23 heavy (non-hydrogen) atoms. The predicted molar refractivity (Wildman–Crippen MR) is 82.2 cm³/mol. The van der Waals surface area contributed by atoms with Crippen molar-refractivity contribution < 1.29 is 22.7 Å². The van der Waals surface area contributed by atoms with E-state index < -0.39 is 18.1 Å². The number of aromatic nitrogens is 2. The van der Waals surface area contributed by atoms with Gasteiger partial charge in [-0.1, -0.05) is 28.1 Å². The van der Waals surface area contributed by atoms with Gasteiger partial charge in [-0.25, -0.2) is 9.78 Å². The van der Waals surface area contributed by atoms with Crippen LogP contribution in [-0.4, -0.2) is 28.7 Å². The van der Waals surface area contributed by atoms with E-state index in [0.29, 0.717) is 5.56 Å². The number of halogens is 4. The Balaban J connectivity index is 2.52. The average molecular weight is 391 g/mol. The smallest absolute Gasteiger partial charge is 0.398 e. The lowest BCUT2D eigenvalue weighted by molar-refractivity contribution is -0.147. The molecular formula is C15H14BrF3N2O2. The third-order valence-corrected chi connectivity index (χ3v) is 3.75. The summed E-state index contributed by atoms with van der Waals surface area (Å²) in [6.07, 6.45) is -4.46. The van der Waals surface area contributed by atoms with Crippen LogP contribution in [0, 0.1) is 0 Å². The van der Waals surface area contributed by atoms with Crippen molar-refractivity contribution in [2.24, 2.45) is 0 Å². The Hall–Kier alpha value is -1.83. The molecule has 0 saturated heterocycles. The third kappa shape index (κ3) is 3.93. The number of imidazole rings is 1. The van der Waals surface area contributed by atoms with Crippen LogP contribution in [-0.2, 0) is 4.74 Å². The van der Waals surface area contributed by atoms with Crippen LogP contribution < -0.4 is 0 Å². The molecule has 124 valence electrons. The largest absolute Gasteiger partial charge is 0.461 e. The first-order chi connectivity index (χ1) is 10.7. The summed E-state index contributed by atoms with van der Waals surface area (Å²) >= 11 is 3.28. The van der Waals surface area contributed by atoms with E-state index in [2.05, 4.69) is 25.9 Å². The Bertz CT molecular complexity index is 696. The lowest BCUT2D eigenvalue weighted by Crippen LogP contribution is -2.19. The number of hydrogen-bond donors (Lipinski definition) is 1. The molecule has 0 amide bonds. The number of nitrogens with one attached hydrogen (secondary N) is 1. The molecule has 2 aromatic rings. The fourth-order valence-corrected chi connectivity index (χ4v) is 2.18. The van der Waals surface area contributed by atoms with Crippen molar-refractivity contribution >= 4 is 21.9 Å². The molecule has 4 nitrogen and oxygen atoms in total. The van der Waals surface area contributed by atoms with Crippen LogP contribution in [0.1, 0.15) is 36.1 Å². The molecule has 2 rings (SSSR count). The summed E-state index contributed by atoms with van der Waals surface area (Å²) in [4.78, 5) is 18.5. The average Bonchev–Trinajstić information content (AvgIpc) is 2.91. The van der Waals surface area contributed by atoms with Crippen molar-refractivity contribution in [2.75, 3.05) is 6.61 Å². The van der Waals surface area contributed by atoms with Gasteiger partial charge < -0.3 is 9.72 Å². The number of nitrogens with zero attached hydrogens (tertiary/aromatic N) is 1. The van der Waals surface area contributed by atoms with Crippen LogP contribution >= 0.6 is 15.9 Å². The maximum atomic E-state index is 12.9. The molecule has 1 aromatic heterocycles. The molecular weight excluding hydrogens is 377 g/mol. The molecule has 8 heteroatoms. The van der Waals surface area contributed by atoms with Gasteiger partial charge in [0.05, 0.1) is 6.61 Å². The van der Waals surface area contributed by atoms with Crippen molar-refractivity contribution in [3.8, 4) is 11.3 Å². The fraction of sp³-hybridized carbons (Fsp3) is 0.333. The number of ether oxygens (including phenoxy) is 1. The third-order valence-electron chi connectivity index (χ3n) is 3.22. The zero-order valence-corrected chi connectivity index (χ0v) is 14.0. The maximum Gasteiger partial charge on any atom is 0.398 e. The first kappa shape index (κ1) is 17.5. The molecule has 0 aliphatic carbocycles. The number of hydrogen-bond acceptors (Lipinski definition) is 3. The second-order valence-electron chi connectivity index (χ2n) is 4.84. The normalized spacial score (nSPS) is 13.0. The Kier molecular flexibility index (Phi) is 5.13. The Morgan fingerprint density at radius 3 is 2.48 bits per heavy atom. The van der Waals surface area contributed by atoms with Gasteiger partial charge in [-0.3, -0.25) is 0 Å². The minimum Gasteiger partial charge on any atom is -0.461 e. The Morgan fingerprint density at radius 1 is 1.35 bits per heavy atom. The molecule has 0 spiro atoms. The molecule has 1 aromatic carbocycles. The predicted octanol–water partition coefficient (Wildman–Crippen LogP) is 4.68. The quantitative estimate of drug-likeness (QED) is 0.770. The standard InChI is InChI=1S/C15H14BrF3N2O2/c1-3-23-14(22)12-11(9-4-6-10(16)7-5-9)20-13(21-12)8(2)15(17,18)19/h4-8H,3H2,1-2H3,(H,20,21). The van der Waals surface area contributed by atoms with E-state index in [1.807, 2.05) is 0 Å². The summed E-state index contributed by atoms with van der Waals surface area (Å²) < 4.78 is 44.4. The molecule has 0 aliphatic heterocycles.